The Morgan fingerprint density at radius 3 is 2.95 bits per heavy atom. The predicted octanol–water partition coefficient (Wildman–Crippen LogP) is 2.54. The van der Waals surface area contributed by atoms with Gasteiger partial charge in [0.25, 0.3) is 5.91 Å². The predicted molar refractivity (Wildman–Crippen MR) is 80.9 cm³/mol. The van der Waals surface area contributed by atoms with Crippen LogP contribution in [0.15, 0.2) is 42.7 Å². The quantitative estimate of drug-likeness (QED) is 0.802. The van der Waals surface area contributed by atoms with Crippen LogP contribution in [0, 0.1) is 6.92 Å². The Kier molecular flexibility index (Phi) is 3.39. The monoisotopic (exact) mass is 280 g/mol. The number of hydrogen-bond donors (Lipinski definition) is 1. The number of aromatic amines is 1. The third-order valence-electron chi connectivity index (χ3n) is 3.41. The number of aryl methyl sites for hydroxylation is 1. The van der Waals surface area contributed by atoms with E-state index in [1.165, 1.54) is 0 Å². The minimum Gasteiger partial charge on any atom is -0.336 e. The van der Waals surface area contributed by atoms with E-state index in [0.717, 1.165) is 22.0 Å². The van der Waals surface area contributed by atoms with Gasteiger partial charge in [-0.1, -0.05) is 17.7 Å². The van der Waals surface area contributed by atoms with Gasteiger partial charge in [0.2, 0.25) is 0 Å². The van der Waals surface area contributed by atoms with Crippen LogP contribution in [-0.4, -0.2) is 33.0 Å². The van der Waals surface area contributed by atoms with Gasteiger partial charge in [-0.2, -0.15) is 5.10 Å². The number of carbonyl (C=O) groups is 1. The normalized spacial score (nSPS) is 10.8. The SMILES string of the molecule is Cc1ccc2[nH]nc(C(=O)N(C)Cc3cccnc3)c2c1. The molecule has 0 radical (unpaired) electrons. The van der Waals surface area contributed by atoms with Crippen LogP contribution in [0.1, 0.15) is 21.6 Å². The van der Waals surface area contributed by atoms with Crippen LogP contribution in [0.2, 0.25) is 0 Å². The molecule has 0 fully saturated rings. The molecule has 0 atom stereocenters. The highest BCUT2D eigenvalue weighted by atomic mass is 16.2. The lowest BCUT2D eigenvalue weighted by Gasteiger charge is -2.15. The number of benzene rings is 1. The summed E-state index contributed by atoms with van der Waals surface area (Å²) in [5.41, 5.74) is 3.43. The summed E-state index contributed by atoms with van der Waals surface area (Å²) >= 11 is 0. The fraction of sp³-hybridized carbons (Fsp3) is 0.188. The number of H-pyrrole nitrogens is 1. The van der Waals surface area contributed by atoms with Crippen LogP contribution in [0.25, 0.3) is 10.9 Å². The maximum atomic E-state index is 12.6. The van der Waals surface area contributed by atoms with E-state index < -0.39 is 0 Å². The molecule has 0 aliphatic carbocycles. The minimum atomic E-state index is -0.101. The molecule has 0 unspecified atom stereocenters. The van der Waals surface area contributed by atoms with Crippen molar-refractivity contribution in [2.75, 3.05) is 7.05 Å². The Morgan fingerprint density at radius 2 is 2.19 bits per heavy atom. The Hall–Kier alpha value is -2.69. The van der Waals surface area contributed by atoms with E-state index in [0.29, 0.717) is 12.2 Å². The molecule has 1 aromatic carbocycles. The van der Waals surface area contributed by atoms with E-state index in [2.05, 4.69) is 15.2 Å². The minimum absolute atomic E-state index is 0.101. The number of fused-ring (bicyclic) bond motifs is 1. The summed E-state index contributed by atoms with van der Waals surface area (Å²) in [6.45, 7) is 2.51. The second kappa shape index (κ2) is 5.36. The highest BCUT2D eigenvalue weighted by Gasteiger charge is 2.18. The Balaban J connectivity index is 1.88. The third-order valence-corrected chi connectivity index (χ3v) is 3.41. The molecule has 3 rings (SSSR count). The van der Waals surface area contributed by atoms with E-state index >= 15 is 0 Å². The molecule has 1 amide bonds. The van der Waals surface area contributed by atoms with Crippen LogP contribution in [0.4, 0.5) is 0 Å². The number of rotatable bonds is 3. The van der Waals surface area contributed by atoms with E-state index in [-0.39, 0.29) is 5.91 Å². The number of amides is 1. The standard InChI is InChI=1S/C16H16N4O/c1-11-5-6-14-13(8-11)15(19-18-14)16(21)20(2)10-12-4-3-7-17-9-12/h3-9H,10H2,1-2H3,(H,18,19). The fourth-order valence-corrected chi connectivity index (χ4v) is 2.31. The van der Waals surface area contributed by atoms with Gasteiger partial charge in [0.1, 0.15) is 0 Å². The van der Waals surface area contributed by atoms with Crippen molar-refractivity contribution in [2.45, 2.75) is 13.5 Å². The van der Waals surface area contributed by atoms with Gasteiger partial charge in [-0.3, -0.25) is 14.9 Å². The molecule has 0 aliphatic heterocycles. The van der Waals surface area contributed by atoms with Crippen molar-refractivity contribution < 1.29 is 4.79 Å². The van der Waals surface area contributed by atoms with Gasteiger partial charge in [0, 0.05) is 31.4 Å². The summed E-state index contributed by atoms with van der Waals surface area (Å²) in [5.74, 6) is -0.101. The maximum absolute atomic E-state index is 12.6. The summed E-state index contributed by atoms with van der Waals surface area (Å²) in [4.78, 5) is 18.3. The van der Waals surface area contributed by atoms with Gasteiger partial charge in [-0.05, 0) is 30.7 Å². The van der Waals surface area contributed by atoms with Gasteiger partial charge >= 0.3 is 0 Å². The number of pyridine rings is 1. The van der Waals surface area contributed by atoms with Crippen molar-refractivity contribution >= 4 is 16.8 Å². The summed E-state index contributed by atoms with van der Waals surface area (Å²) in [6.07, 6.45) is 3.48. The molecule has 0 aliphatic rings. The first-order chi connectivity index (χ1) is 10.1. The molecule has 0 saturated carbocycles. The molecule has 2 aromatic heterocycles. The second-order valence-corrected chi connectivity index (χ2v) is 5.14. The van der Waals surface area contributed by atoms with Crippen molar-refractivity contribution in [1.82, 2.24) is 20.1 Å². The van der Waals surface area contributed by atoms with E-state index in [1.54, 1.807) is 24.3 Å². The van der Waals surface area contributed by atoms with Crippen molar-refractivity contribution in [3.05, 3.63) is 59.5 Å². The van der Waals surface area contributed by atoms with Crippen LogP contribution < -0.4 is 0 Å². The van der Waals surface area contributed by atoms with Crippen molar-refractivity contribution in [3.8, 4) is 0 Å². The summed E-state index contributed by atoms with van der Waals surface area (Å²) in [6, 6.07) is 9.72. The van der Waals surface area contributed by atoms with Gasteiger partial charge in [0.05, 0.1) is 5.52 Å². The van der Waals surface area contributed by atoms with Crippen LogP contribution in [-0.2, 0) is 6.54 Å². The van der Waals surface area contributed by atoms with Gasteiger partial charge in [-0.15, -0.1) is 0 Å². The van der Waals surface area contributed by atoms with E-state index in [4.69, 9.17) is 0 Å². The first-order valence-electron chi connectivity index (χ1n) is 6.74. The fourth-order valence-electron chi connectivity index (χ4n) is 2.31. The van der Waals surface area contributed by atoms with Crippen LogP contribution in [0.5, 0.6) is 0 Å². The average molecular weight is 280 g/mol. The van der Waals surface area contributed by atoms with Crippen molar-refractivity contribution in [2.24, 2.45) is 0 Å². The Bertz CT molecular complexity index is 779. The largest absolute Gasteiger partial charge is 0.336 e. The van der Waals surface area contributed by atoms with Gasteiger partial charge in [0.15, 0.2) is 5.69 Å². The second-order valence-electron chi connectivity index (χ2n) is 5.14. The number of nitrogens with zero attached hydrogens (tertiary/aromatic N) is 3. The maximum Gasteiger partial charge on any atom is 0.275 e. The number of nitrogens with one attached hydrogen (secondary N) is 1. The first kappa shape index (κ1) is 13.3. The number of carbonyl (C=O) groups excluding carboxylic acids is 1. The number of aromatic nitrogens is 3. The molecular weight excluding hydrogens is 264 g/mol. The molecule has 0 bridgehead atoms. The zero-order valence-corrected chi connectivity index (χ0v) is 12.0. The van der Waals surface area contributed by atoms with E-state index in [9.17, 15) is 4.79 Å². The number of hydrogen-bond acceptors (Lipinski definition) is 3. The molecule has 2 heterocycles. The van der Waals surface area contributed by atoms with Crippen LogP contribution >= 0.6 is 0 Å². The lowest BCUT2D eigenvalue weighted by atomic mass is 10.1. The van der Waals surface area contributed by atoms with Crippen molar-refractivity contribution in [3.63, 3.8) is 0 Å². The first-order valence-corrected chi connectivity index (χ1v) is 6.74. The third kappa shape index (κ3) is 2.63. The summed E-state index contributed by atoms with van der Waals surface area (Å²) in [5, 5.41) is 7.93. The van der Waals surface area contributed by atoms with Gasteiger partial charge < -0.3 is 4.90 Å². The van der Waals surface area contributed by atoms with E-state index in [1.807, 2.05) is 37.3 Å². The Morgan fingerprint density at radius 1 is 1.33 bits per heavy atom. The molecule has 21 heavy (non-hydrogen) atoms. The molecular formula is C16H16N4O. The molecule has 5 nitrogen and oxygen atoms in total. The van der Waals surface area contributed by atoms with Gasteiger partial charge in [-0.25, -0.2) is 0 Å². The molecule has 0 spiro atoms. The average Bonchev–Trinajstić information content (AvgIpc) is 2.90. The molecule has 5 heteroatoms. The molecule has 1 N–H and O–H groups in total. The summed E-state index contributed by atoms with van der Waals surface area (Å²) in [7, 11) is 1.77. The smallest absolute Gasteiger partial charge is 0.275 e. The Labute approximate surface area is 122 Å². The van der Waals surface area contributed by atoms with Crippen molar-refractivity contribution in [1.29, 1.82) is 0 Å². The zero-order chi connectivity index (χ0) is 14.8. The topological polar surface area (TPSA) is 61.9 Å². The molecule has 106 valence electrons. The lowest BCUT2D eigenvalue weighted by molar-refractivity contribution is 0.0781. The zero-order valence-electron chi connectivity index (χ0n) is 12.0. The van der Waals surface area contributed by atoms with Crippen LogP contribution in [0.3, 0.4) is 0 Å². The molecule has 0 saturated heterocycles. The lowest BCUT2D eigenvalue weighted by Crippen LogP contribution is -2.26. The molecule has 3 aromatic rings. The highest BCUT2D eigenvalue weighted by molar-refractivity contribution is 6.04. The summed E-state index contributed by atoms with van der Waals surface area (Å²) < 4.78 is 0. The highest BCUT2D eigenvalue weighted by Crippen LogP contribution is 2.19.